The fraction of sp³-hybridized carbons (Fsp3) is 0.235. The molecular formula is C17H16F3NO4. The lowest BCUT2D eigenvalue weighted by Crippen LogP contribution is -2.26. The number of alkyl halides is 3. The maximum atomic E-state index is 13.0. The number of carbonyl (C=O) groups is 1. The Bertz CT molecular complexity index is 780. The summed E-state index contributed by atoms with van der Waals surface area (Å²) in [4.78, 5) is 12.0. The van der Waals surface area contributed by atoms with E-state index in [2.05, 4.69) is 5.32 Å². The Morgan fingerprint density at radius 3 is 2.24 bits per heavy atom. The average Bonchev–Trinajstić information content (AvgIpc) is 2.46. The van der Waals surface area contributed by atoms with Gasteiger partial charge in [-0.15, -0.1) is 0 Å². The monoisotopic (exact) mass is 355 g/mol. The summed E-state index contributed by atoms with van der Waals surface area (Å²) in [6.45, 7) is 1.42. The molecule has 2 rings (SSSR count). The van der Waals surface area contributed by atoms with Crippen LogP contribution in [0, 0.1) is 6.92 Å². The quantitative estimate of drug-likeness (QED) is 0.678. The Hall–Kier alpha value is -2.90. The second kappa shape index (κ2) is 6.92. The van der Waals surface area contributed by atoms with Crippen LogP contribution in [0.15, 0.2) is 30.3 Å². The van der Waals surface area contributed by atoms with E-state index in [4.69, 9.17) is 0 Å². The molecule has 5 nitrogen and oxygen atoms in total. The van der Waals surface area contributed by atoms with E-state index in [1.54, 1.807) is 13.0 Å². The molecule has 0 radical (unpaired) electrons. The summed E-state index contributed by atoms with van der Waals surface area (Å²) in [5.41, 5.74) is -0.730. The normalized spacial score (nSPS) is 11.4. The van der Waals surface area contributed by atoms with Crippen molar-refractivity contribution >= 4 is 5.91 Å². The summed E-state index contributed by atoms with van der Waals surface area (Å²) in [6.07, 6.45) is -4.58. The van der Waals surface area contributed by atoms with Crippen LogP contribution in [-0.4, -0.2) is 27.8 Å². The Balaban J connectivity index is 2.11. The van der Waals surface area contributed by atoms with Gasteiger partial charge in [0.2, 0.25) is 0 Å². The minimum atomic E-state index is -4.50. The van der Waals surface area contributed by atoms with Gasteiger partial charge in [0.05, 0.1) is 5.56 Å². The Labute approximate surface area is 141 Å². The third-order valence-corrected chi connectivity index (χ3v) is 3.56. The maximum Gasteiger partial charge on any atom is 0.416 e. The number of hydrogen-bond acceptors (Lipinski definition) is 4. The first-order chi connectivity index (χ1) is 11.6. The lowest BCUT2D eigenvalue weighted by atomic mass is 10.0. The Kier molecular flexibility index (Phi) is 5.10. The van der Waals surface area contributed by atoms with E-state index < -0.39 is 40.5 Å². The second-order valence-corrected chi connectivity index (χ2v) is 5.52. The van der Waals surface area contributed by atoms with Crippen LogP contribution in [0.1, 0.15) is 27.0 Å². The minimum absolute atomic E-state index is 0.0255. The molecule has 0 saturated heterocycles. The zero-order valence-corrected chi connectivity index (χ0v) is 13.2. The van der Waals surface area contributed by atoms with Gasteiger partial charge in [-0.05, 0) is 25.0 Å². The lowest BCUT2D eigenvalue weighted by molar-refractivity contribution is -0.138. The van der Waals surface area contributed by atoms with E-state index in [-0.39, 0.29) is 18.5 Å². The molecule has 0 saturated carbocycles. The van der Waals surface area contributed by atoms with E-state index in [0.717, 1.165) is 18.2 Å². The number of benzene rings is 2. The molecule has 0 unspecified atom stereocenters. The van der Waals surface area contributed by atoms with Crippen LogP contribution in [-0.2, 0) is 12.6 Å². The first kappa shape index (κ1) is 18.4. The van der Waals surface area contributed by atoms with E-state index >= 15 is 0 Å². The largest absolute Gasteiger partial charge is 0.508 e. The number of phenols is 3. The van der Waals surface area contributed by atoms with Crippen molar-refractivity contribution in [2.45, 2.75) is 19.5 Å². The van der Waals surface area contributed by atoms with Gasteiger partial charge < -0.3 is 20.6 Å². The van der Waals surface area contributed by atoms with Crippen molar-refractivity contribution in [1.82, 2.24) is 5.32 Å². The maximum absolute atomic E-state index is 13.0. The van der Waals surface area contributed by atoms with Gasteiger partial charge in [-0.2, -0.15) is 13.2 Å². The molecule has 0 aromatic heterocycles. The van der Waals surface area contributed by atoms with Crippen molar-refractivity contribution in [3.8, 4) is 17.2 Å². The fourth-order valence-electron chi connectivity index (χ4n) is 2.40. The zero-order valence-electron chi connectivity index (χ0n) is 13.2. The second-order valence-electron chi connectivity index (χ2n) is 5.52. The molecule has 0 aliphatic rings. The van der Waals surface area contributed by atoms with Gasteiger partial charge in [0, 0.05) is 18.7 Å². The highest BCUT2D eigenvalue weighted by Crippen LogP contribution is 2.33. The molecule has 0 bridgehead atoms. The van der Waals surface area contributed by atoms with Crippen molar-refractivity contribution < 1.29 is 33.3 Å². The van der Waals surface area contributed by atoms with Crippen LogP contribution in [0.5, 0.6) is 17.2 Å². The predicted octanol–water partition coefficient (Wildman–Crippen LogP) is 3.10. The van der Waals surface area contributed by atoms with Crippen molar-refractivity contribution in [2.75, 3.05) is 6.54 Å². The predicted molar refractivity (Wildman–Crippen MR) is 83.7 cm³/mol. The molecule has 4 N–H and O–H groups in total. The minimum Gasteiger partial charge on any atom is -0.508 e. The summed E-state index contributed by atoms with van der Waals surface area (Å²) >= 11 is 0. The zero-order chi connectivity index (χ0) is 18.8. The number of nitrogens with one attached hydrogen (secondary N) is 1. The number of aryl methyl sites for hydroxylation is 1. The number of phenolic OH excluding ortho intramolecular Hbond substituents is 3. The fourth-order valence-corrected chi connectivity index (χ4v) is 2.40. The Morgan fingerprint density at radius 1 is 1.08 bits per heavy atom. The van der Waals surface area contributed by atoms with Crippen molar-refractivity contribution in [3.63, 3.8) is 0 Å². The first-order valence-corrected chi connectivity index (χ1v) is 7.29. The molecule has 2 aromatic carbocycles. The molecule has 25 heavy (non-hydrogen) atoms. The molecule has 0 fully saturated rings. The molecule has 0 atom stereocenters. The highest BCUT2D eigenvalue weighted by atomic mass is 19.4. The van der Waals surface area contributed by atoms with Crippen LogP contribution in [0.25, 0.3) is 0 Å². The van der Waals surface area contributed by atoms with Gasteiger partial charge in [0.25, 0.3) is 5.91 Å². The standard InChI is InChI=1S/C17H16F3NO4/c1-9-2-3-10(12(6-9)17(18,19)20)4-5-21-16(25)15-13(23)7-11(22)8-14(15)24/h2-3,6-8,22-24H,4-5H2,1H3,(H,21,25). The van der Waals surface area contributed by atoms with Crippen LogP contribution in [0.3, 0.4) is 0 Å². The summed E-state index contributed by atoms with van der Waals surface area (Å²) in [7, 11) is 0. The van der Waals surface area contributed by atoms with Crippen LogP contribution < -0.4 is 5.32 Å². The summed E-state index contributed by atoms with van der Waals surface area (Å²) in [5, 5.41) is 30.8. The molecule has 8 heteroatoms. The van der Waals surface area contributed by atoms with Crippen molar-refractivity contribution in [1.29, 1.82) is 0 Å². The highest BCUT2D eigenvalue weighted by Gasteiger charge is 2.33. The number of halogens is 3. The first-order valence-electron chi connectivity index (χ1n) is 7.29. The highest BCUT2D eigenvalue weighted by molar-refractivity contribution is 5.99. The van der Waals surface area contributed by atoms with Gasteiger partial charge in [0.15, 0.2) is 0 Å². The lowest BCUT2D eigenvalue weighted by Gasteiger charge is -2.14. The van der Waals surface area contributed by atoms with Crippen molar-refractivity contribution in [3.05, 3.63) is 52.6 Å². The number of aromatic hydroxyl groups is 3. The van der Waals surface area contributed by atoms with Crippen molar-refractivity contribution in [2.24, 2.45) is 0 Å². The summed E-state index contributed by atoms with van der Waals surface area (Å²) < 4.78 is 39.1. The van der Waals surface area contributed by atoms with Gasteiger partial charge in [-0.25, -0.2) is 0 Å². The number of hydrogen-bond donors (Lipinski definition) is 4. The summed E-state index contributed by atoms with van der Waals surface area (Å²) in [5.74, 6) is -2.57. The Morgan fingerprint density at radius 2 is 1.68 bits per heavy atom. The van der Waals surface area contributed by atoms with Gasteiger partial charge in [-0.1, -0.05) is 17.7 Å². The number of amides is 1. The average molecular weight is 355 g/mol. The van der Waals surface area contributed by atoms with E-state index in [1.165, 1.54) is 6.07 Å². The smallest absolute Gasteiger partial charge is 0.416 e. The SMILES string of the molecule is Cc1ccc(CCNC(=O)c2c(O)cc(O)cc2O)c(C(F)(F)F)c1. The van der Waals surface area contributed by atoms with Crippen LogP contribution in [0.2, 0.25) is 0 Å². The number of rotatable bonds is 4. The topological polar surface area (TPSA) is 89.8 Å². The molecule has 0 aliphatic heterocycles. The molecule has 1 amide bonds. The molecule has 0 spiro atoms. The van der Waals surface area contributed by atoms with Crippen LogP contribution in [0.4, 0.5) is 13.2 Å². The van der Waals surface area contributed by atoms with E-state index in [9.17, 15) is 33.3 Å². The molecule has 0 heterocycles. The molecule has 0 aliphatic carbocycles. The molecule has 2 aromatic rings. The van der Waals surface area contributed by atoms with Gasteiger partial charge in [0.1, 0.15) is 22.8 Å². The third kappa shape index (κ3) is 4.34. The van der Waals surface area contributed by atoms with E-state index in [1.807, 2.05) is 0 Å². The number of carbonyl (C=O) groups excluding carboxylic acids is 1. The van der Waals surface area contributed by atoms with E-state index in [0.29, 0.717) is 5.56 Å². The molecular weight excluding hydrogens is 339 g/mol. The summed E-state index contributed by atoms with van der Waals surface area (Å²) in [6, 6.07) is 5.67. The van der Waals surface area contributed by atoms with Gasteiger partial charge >= 0.3 is 6.18 Å². The molecule has 134 valence electrons. The van der Waals surface area contributed by atoms with Crippen LogP contribution >= 0.6 is 0 Å². The third-order valence-electron chi connectivity index (χ3n) is 3.56. The van der Waals surface area contributed by atoms with Gasteiger partial charge in [-0.3, -0.25) is 4.79 Å².